The van der Waals surface area contributed by atoms with E-state index in [-0.39, 0.29) is 0 Å². The van der Waals surface area contributed by atoms with Gasteiger partial charge in [-0.1, -0.05) is 87.2 Å². The lowest BCUT2D eigenvalue weighted by atomic mass is 9.69. The fraction of sp³-hybridized carbons (Fsp3) is 0.562. The fourth-order valence-electron chi connectivity index (χ4n) is 6.26. The quantitative estimate of drug-likeness (QED) is 0.275. The van der Waals surface area contributed by atoms with E-state index in [9.17, 15) is 0 Å². The molecule has 0 N–H and O–H groups in total. The third-order valence-corrected chi connectivity index (χ3v) is 8.36. The fourth-order valence-corrected chi connectivity index (χ4v) is 6.26. The molecule has 2 aromatic rings. The molecular weight excluding hydrogens is 384 g/mol. The molecule has 0 heteroatoms. The number of hydrogen-bond acceptors (Lipinski definition) is 0. The number of rotatable bonds is 9. The van der Waals surface area contributed by atoms with Crippen molar-refractivity contribution >= 4 is 0 Å². The molecule has 0 aliphatic heterocycles. The summed E-state index contributed by atoms with van der Waals surface area (Å²) in [7, 11) is 0. The lowest BCUT2D eigenvalue weighted by Crippen LogP contribution is -2.26. The maximum atomic E-state index is 2.50. The Labute approximate surface area is 197 Å². The van der Waals surface area contributed by atoms with E-state index in [1.807, 2.05) is 0 Å². The molecule has 2 aromatic carbocycles. The van der Waals surface area contributed by atoms with E-state index < -0.39 is 0 Å². The second kappa shape index (κ2) is 11.9. The molecule has 0 spiro atoms. The van der Waals surface area contributed by atoms with E-state index in [4.69, 9.17) is 0 Å². The van der Waals surface area contributed by atoms with Gasteiger partial charge in [-0.25, -0.2) is 0 Å². The van der Waals surface area contributed by atoms with Crippen LogP contribution in [0.15, 0.2) is 54.6 Å². The summed E-state index contributed by atoms with van der Waals surface area (Å²) in [5.74, 6) is 2.88. The highest BCUT2D eigenvalue weighted by atomic mass is 14.3. The largest absolute Gasteiger partial charge is 0.0917 e. The molecule has 0 bridgehead atoms. The third kappa shape index (κ3) is 6.15. The minimum atomic E-state index is 0.923. The molecule has 4 rings (SSSR count). The zero-order valence-electron chi connectivity index (χ0n) is 20.6. The zero-order valence-corrected chi connectivity index (χ0v) is 20.6. The van der Waals surface area contributed by atoms with Gasteiger partial charge in [0.15, 0.2) is 0 Å². The van der Waals surface area contributed by atoms with Crippen LogP contribution < -0.4 is 0 Å². The van der Waals surface area contributed by atoms with Gasteiger partial charge in [-0.15, -0.1) is 0 Å². The van der Waals surface area contributed by atoms with Crippen molar-refractivity contribution in [3.63, 3.8) is 0 Å². The van der Waals surface area contributed by atoms with Crippen LogP contribution in [0, 0.1) is 17.8 Å². The number of aryl methyl sites for hydroxylation is 2. The highest BCUT2D eigenvalue weighted by Gasteiger charge is 2.30. The maximum Gasteiger partial charge on any atom is -0.0181 e. The van der Waals surface area contributed by atoms with E-state index in [1.54, 1.807) is 11.1 Å². The first kappa shape index (κ1) is 23.3. The van der Waals surface area contributed by atoms with Crippen molar-refractivity contribution in [2.45, 2.75) is 97.3 Å². The molecule has 32 heavy (non-hydrogen) atoms. The van der Waals surface area contributed by atoms with Gasteiger partial charge in [0.25, 0.3) is 0 Å². The first-order valence-electron chi connectivity index (χ1n) is 13.6. The lowest BCUT2D eigenvalue weighted by molar-refractivity contribution is 0.185. The molecule has 172 valence electrons. The van der Waals surface area contributed by atoms with Gasteiger partial charge in [-0.3, -0.25) is 0 Å². The number of hydrogen-bond donors (Lipinski definition) is 0. The topological polar surface area (TPSA) is 0 Å². The van der Waals surface area contributed by atoms with Gasteiger partial charge < -0.3 is 0 Å². The first-order chi connectivity index (χ1) is 15.8. The van der Waals surface area contributed by atoms with Crippen LogP contribution in [0.2, 0.25) is 0 Å². The molecule has 1 atom stereocenters. The van der Waals surface area contributed by atoms with Crippen molar-refractivity contribution in [1.29, 1.82) is 0 Å². The predicted octanol–water partition coefficient (Wildman–Crippen LogP) is 9.35. The molecular formula is C32H44. The van der Waals surface area contributed by atoms with Crippen LogP contribution >= 0.6 is 0 Å². The van der Waals surface area contributed by atoms with Gasteiger partial charge in [-0.2, -0.15) is 0 Å². The Balaban J connectivity index is 1.32. The summed E-state index contributed by atoms with van der Waals surface area (Å²) in [6.45, 7) is 4.42. The molecule has 1 saturated carbocycles. The van der Waals surface area contributed by atoms with Crippen LogP contribution in [0.25, 0.3) is 11.1 Å². The maximum absolute atomic E-state index is 2.50. The summed E-state index contributed by atoms with van der Waals surface area (Å²) in [4.78, 5) is 0. The van der Waals surface area contributed by atoms with Gasteiger partial charge in [0.05, 0.1) is 0 Å². The van der Waals surface area contributed by atoms with Crippen LogP contribution in [0.4, 0.5) is 0 Å². The summed E-state index contributed by atoms with van der Waals surface area (Å²) in [6, 6.07) is 16.7. The van der Waals surface area contributed by atoms with Crippen molar-refractivity contribution in [1.82, 2.24) is 0 Å². The highest BCUT2D eigenvalue weighted by molar-refractivity contribution is 5.65. The van der Waals surface area contributed by atoms with Crippen molar-refractivity contribution in [2.75, 3.05) is 0 Å². The number of benzene rings is 2. The normalized spacial score (nSPS) is 23.4. The van der Waals surface area contributed by atoms with Crippen molar-refractivity contribution < 1.29 is 0 Å². The van der Waals surface area contributed by atoms with Crippen LogP contribution in [0.5, 0.6) is 0 Å². The van der Waals surface area contributed by atoms with Crippen molar-refractivity contribution in [2.24, 2.45) is 17.8 Å². The van der Waals surface area contributed by atoms with E-state index in [0.717, 1.165) is 17.8 Å². The van der Waals surface area contributed by atoms with Crippen molar-refractivity contribution in [3.05, 3.63) is 71.3 Å². The Kier molecular flexibility index (Phi) is 8.66. The van der Waals surface area contributed by atoms with E-state index in [1.165, 1.54) is 100 Å². The Morgan fingerprint density at radius 3 is 2.34 bits per heavy atom. The van der Waals surface area contributed by atoms with Gasteiger partial charge in [0, 0.05) is 0 Å². The van der Waals surface area contributed by atoms with E-state index in [2.05, 4.69) is 68.5 Å². The van der Waals surface area contributed by atoms with Crippen LogP contribution in [-0.2, 0) is 19.3 Å². The summed E-state index contributed by atoms with van der Waals surface area (Å²) in [5, 5.41) is 0. The van der Waals surface area contributed by atoms with Crippen LogP contribution in [0.1, 0.15) is 94.7 Å². The average Bonchev–Trinajstić information content (AvgIpc) is 2.85. The Hall–Kier alpha value is -1.82. The van der Waals surface area contributed by atoms with Crippen LogP contribution in [-0.4, -0.2) is 0 Å². The highest BCUT2D eigenvalue weighted by Crippen LogP contribution is 2.41. The first-order valence-corrected chi connectivity index (χ1v) is 13.6. The number of allylic oxidation sites excluding steroid dienone is 2. The molecule has 0 nitrogen and oxygen atoms in total. The minimum absolute atomic E-state index is 0.923. The monoisotopic (exact) mass is 428 g/mol. The van der Waals surface area contributed by atoms with Gasteiger partial charge >= 0.3 is 0 Å². The standard InChI is InChI=1S/C32H44/c1-3-5-7-9-25-11-15-27(16-12-25)29-19-21-32-24-30(20-22-31(32)23-29)28-17-13-26(14-18-28)10-8-6-4-2/h3,5,13-14,17-18,20,22,24-25,27,29H,4,6-12,15-16,19,21,23H2,1-2H3/b5-3+. The molecule has 1 fully saturated rings. The predicted molar refractivity (Wildman–Crippen MR) is 140 cm³/mol. The molecule has 2 aliphatic rings. The lowest BCUT2D eigenvalue weighted by Gasteiger charge is -2.36. The second-order valence-corrected chi connectivity index (χ2v) is 10.6. The summed E-state index contributed by atoms with van der Waals surface area (Å²) in [5.41, 5.74) is 7.52. The molecule has 1 unspecified atom stereocenters. The van der Waals surface area contributed by atoms with Gasteiger partial charge in [0.1, 0.15) is 0 Å². The Bertz CT molecular complexity index is 848. The minimum Gasteiger partial charge on any atom is -0.0917 e. The van der Waals surface area contributed by atoms with E-state index in [0.29, 0.717) is 0 Å². The summed E-state index contributed by atoms with van der Waals surface area (Å²) < 4.78 is 0. The third-order valence-electron chi connectivity index (χ3n) is 8.36. The average molecular weight is 429 g/mol. The van der Waals surface area contributed by atoms with E-state index >= 15 is 0 Å². The smallest absolute Gasteiger partial charge is 0.0181 e. The number of unbranched alkanes of at least 4 members (excludes halogenated alkanes) is 2. The molecule has 0 radical (unpaired) electrons. The molecule has 0 heterocycles. The Morgan fingerprint density at radius 2 is 1.59 bits per heavy atom. The summed E-state index contributed by atoms with van der Waals surface area (Å²) in [6.07, 6.45) is 22.3. The summed E-state index contributed by atoms with van der Waals surface area (Å²) >= 11 is 0. The SMILES string of the molecule is C/C=C/CCC1CCC(C2CCc3cc(-c4ccc(CCCCC)cc4)ccc3C2)CC1. The second-order valence-electron chi connectivity index (χ2n) is 10.6. The Morgan fingerprint density at radius 1 is 0.812 bits per heavy atom. The molecule has 0 saturated heterocycles. The molecule has 0 amide bonds. The van der Waals surface area contributed by atoms with Gasteiger partial charge in [-0.05, 0) is 110 Å². The van der Waals surface area contributed by atoms with Gasteiger partial charge in [0.2, 0.25) is 0 Å². The van der Waals surface area contributed by atoms with Crippen LogP contribution in [0.3, 0.4) is 0 Å². The number of fused-ring (bicyclic) bond motifs is 1. The molecule has 0 aromatic heterocycles. The molecule has 2 aliphatic carbocycles. The zero-order chi connectivity index (χ0) is 22.2. The van der Waals surface area contributed by atoms with Crippen molar-refractivity contribution in [3.8, 4) is 11.1 Å².